The second-order valence-corrected chi connectivity index (χ2v) is 6.29. The molecule has 7 nitrogen and oxygen atoms in total. The first-order chi connectivity index (χ1) is 12.5. The summed E-state index contributed by atoms with van der Waals surface area (Å²) in [6.45, 7) is 4.23. The van der Waals surface area contributed by atoms with E-state index in [0.717, 1.165) is 15.8 Å². The summed E-state index contributed by atoms with van der Waals surface area (Å²) < 4.78 is 2.33. The molecule has 0 saturated heterocycles. The van der Waals surface area contributed by atoms with E-state index >= 15 is 0 Å². The topological polar surface area (TPSA) is 88.1 Å². The maximum atomic E-state index is 12.8. The Labute approximate surface area is 150 Å². The number of likely N-dealkylation sites (N-methyl/N-ethyl adjacent to an activating group) is 1. The van der Waals surface area contributed by atoms with Crippen LogP contribution in [-0.2, 0) is 24.3 Å². The number of benzene rings is 1. The maximum absolute atomic E-state index is 12.8. The van der Waals surface area contributed by atoms with Gasteiger partial charge < -0.3 is 4.90 Å². The van der Waals surface area contributed by atoms with Crippen LogP contribution < -0.4 is 16.1 Å². The number of rotatable bonds is 4. The van der Waals surface area contributed by atoms with Gasteiger partial charge in [0.05, 0.1) is 0 Å². The highest BCUT2D eigenvalue weighted by atomic mass is 16.2. The number of aryl methyl sites for hydroxylation is 1. The number of amides is 1. The molecule has 1 aromatic heterocycles. The highest BCUT2D eigenvalue weighted by Crippen LogP contribution is 2.19. The normalized spacial score (nSPS) is 12.5. The van der Waals surface area contributed by atoms with Gasteiger partial charge in [0, 0.05) is 24.5 Å². The number of para-hydroxylation sites is 1. The molecule has 0 fully saturated rings. The van der Waals surface area contributed by atoms with Crippen molar-refractivity contribution in [2.45, 2.75) is 39.8 Å². The van der Waals surface area contributed by atoms with E-state index in [0.29, 0.717) is 31.6 Å². The molecular weight excluding hydrogens is 332 g/mol. The summed E-state index contributed by atoms with van der Waals surface area (Å²) in [5.74, 6) is -0.358. The summed E-state index contributed by atoms with van der Waals surface area (Å²) in [5.41, 5.74) is 0.926. The number of anilines is 1. The fourth-order valence-corrected chi connectivity index (χ4v) is 3.46. The first-order valence-corrected chi connectivity index (χ1v) is 8.62. The molecule has 0 radical (unpaired) electrons. The van der Waals surface area contributed by atoms with Crippen molar-refractivity contribution in [1.29, 1.82) is 5.26 Å². The molecule has 7 heteroatoms. The highest BCUT2D eigenvalue weighted by Gasteiger charge is 2.25. The number of hydrogen-bond acceptors (Lipinski definition) is 4. The fourth-order valence-electron chi connectivity index (χ4n) is 3.46. The van der Waals surface area contributed by atoms with Crippen LogP contribution in [0.5, 0.6) is 0 Å². The number of carbonyl (C=O) groups excluding carboxylic acids is 1. The van der Waals surface area contributed by atoms with Crippen LogP contribution in [0.2, 0.25) is 0 Å². The Bertz CT molecular complexity index is 1030. The first kappa shape index (κ1) is 17.7. The van der Waals surface area contributed by atoms with Gasteiger partial charge in [-0.25, -0.2) is 9.36 Å². The molecule has 0 saturated carbocycles. The van der Waals surface area contributed by atoms with Gasteiger partial charge in [0.15, 0.2) is 0 Å². The molecule has 0 bridgehead atoms. The van der Waals surface area contributed by atoms with Crippen molar-refractivity contribution in [3.8, 4) is 6.07 Å². The Balaban J connectivity index is 2.03. The molecule has 3 rings (SSSR count). The lowest BCUT2D eigenvalue weighted by Gasteiger charge is -2.23. The smallest absolute Gasteiger partial charge is 0.311 e. The average molecular weight is 352 g/mol. The summed E-state index contributed by atoms with van der Waals surface area (Å²) in [6.07, 6.45) is 1.25. The monoisotopic (exact) mass is 352 g/mol. The zero-order chi connectivity index (χ0) is 18.8. The minimum Gasteiger partial charge on any atom is -0.311 e. The summed E-state index contributed by atoms with van der Waals surface area (Å²) >= 11 is 0. The predicted molar refractivity (Wildman–Crippen MR) is 97.2 cm³/mol. The van der Waals surface area contributed by atoms with Crippen LogP contribution in [0.3, 0.4) is 0 Å². The molecule has 0 aliphatic carbocycles. The van der Waals surface area contributed by atoms with Crippen LogP contribution in [0.1, 0.15) is 30.2 Å². The van der Waals surface area contributed by atoms with Crippen molar-refractivity contribution >= 4 is 11.6 Å². The van der Waals surface area contributed by atoms with E-state index in [1.165, 1.54) is 4.57 Å². The molecule has 1 aliphatic rings. The third-order valence-corrected chi connectivity index (χ3v) is 4.76. The molecule has 1 aromatic carbocycles. The highest BCUT2D eigenvalue weighted by molar-refractivity contribution is 5.93. The van der Waals surface area contributed by atoms with Gasteiger partial charge in [0.25, 0.3) is 5.56 Å². The molecule has 0 unspecified atom stereocenters. The number of aromatic nitrogens is 2. The van der Waals surface area contributed by atoms with Crippen LogP contribution in [0.15, 0.2) is 33.9 Å². The second kappa shape index (κ2) is 7.00. The lowest BCUT2D eigenvalue weighted by Crippen LogP contribution is -2.46. The molecule has 26 heavy (non-hydrogen) atoms. The molecule has 0 N–H and O–H groups in total. The Morgan fingerprint density at radius 3 is 2.69 bits per heavy atom. The predicted octanol–water partition coefficient (Wildman–Crippen LogP) is 1.19. The minimum atomic E-state index is -0.681. The lowest BCUT2D eigenvalue weighted by molar-refractivity contribution is -0.119. The van der Waals surface area contributed by atoms with E-state index in [-0.39, 0.29) is 18.0 Å². The average Bonchev–Trinajstić information content (AvgIpc) is 3.11. The molecule has 2 heterocycles. The van der Waals surface area contributed by atoms with E-state index in [4.69, 9.17) is 0 Å². The fraction of sp³-hybridized carbons (Fsp3) is 0.368. The number of carbonyl (C=O) groups is 1. The van der Waals surface area contributed by atoms with E-state index < -0.39 is 11.2 Å². The molecule has 134 valence electrons. The van der Waals surface area contributed by atoms with Crippen molar-refractivity contribution in [3.05, 3.63) is 61.9 Å². The summed E-state index contributed by atoms with van der Waals surface area (Å²) in [7, 11) is 0. The van der Waals surface area contributed by atoms with Gasteiger partial charge in [-0.15, -0.1) is 0 Å². The largest absolute Gasteiger partial charge is 0.331 e. The number of hydrogen-bond donors (Lipinski definition) is 0. The minimum absolute atomic E-state index is 0.0335. The van der Waals surface area contributed by atoms with Gasteiger partial charge in [-0.1, -0.05) is 18.2 Å². The Kier molecular flexibility index (Phi) is 4.76. The van der Waals surface area contributed by atoms with Gasteiger partial charge in [-0.3, -0.25) is 14.2 Å². The Hall–Kier alpha value is -3.14. The van der Waals surface area contributed by atoms with E-state index in [1.807, 2.05) is 44.2 Å². The Morgan fingerprint density at radius 1 is 1.31 bits per heavy atom. The molecule has 1 amide bonds. The molecule has 2 aromatic rings. The van der Waals surface area contributed by atoms with Crippen molar-refractivity contribution in [1.82, 2.24) is 9.13 Å². The third kappa shape index (κ3) is 2.84. The van der Waals surface area contributed by atoms with Gasteiger partial charge in [-0.2, -0.15) is 5.26 Å². The van der Waals surface area contributed by atoms with Gasteiger partial charge in [0.1, 0.15) is 18.2 Å². The van der Waals surface area contributed by atoms with Crippen LogP contribution in [-0.4, -0.2) is 21.6 Å². The third-order valence-electron chi connectivity index (χ3n) is 4.76. The zero-order valence-electron chi connectivity index (χ0n) is 14.9. The van der Waals surface area contributed by atoms with Gasteiger partial charge >= 0.3 is 5.69 Å². The standard InChI is InChI=1S/C19H20N4O3/c1-3-21(15-8-5-4-7-13(15)2)17(24)12-23-18(25)14(11-20)16-9-6-10-22(16)19(23)26/h4-5,7-8H,3,6,9-10,12H2,1-2H3. The number of fused-ring (bicyclic) bond motifs is 1. The maximum Gasteiger partial charge on any atom is 0.331 e. The summed E-state index contributed by atoms with van der Waals surface area (Å²) in [5, 5.41) is 9.33. The summed E-state index contributed by atoms with van der Waals surface area (Å²) in [6, 6.07) is 9.35. The Morgan fingerprint density at radius 2 is 2.04 bits per heavy atom. The van der Waals surface area contributed by atoms with Crippen molar-refractivity contribution in [2.24, 2.45) is 0 Å². The molecule has 0 spiro atoms. The quantitative estimate of drug-likeness (QED) is 0.827. The molecule has 1 aliphatic heterocycles. The number of nitrogens with zero attached hydrogens (tertiary/aromatic N) is 4. The SMILES string of the molecule is CCN(C(=O)Cn1c(=O)c(C#N)c2n(c1=O)CCC2)c1ccccc1C. The van der Waals surface area contributed by atoms with Gasteiger partial charge in [-0.05, 0) is 38.3 Å². The van der Waals surface area contributed by atoms with Crippen LogP contribution >= 0.6 is 0 Å². The van der Waals surface area contributed by atoms with E-state index in [1.54, 1.807) is 4.90 Å². The van der Waals surface area contributed by atoms with Crippen molar-refractivity contribution in [2.75, 3.05) is 11.4 Å². The molecular formula is C19H20N4O3. The summed E-state index contributed by atoms with van der Waals surface area (Å²) in [4.78, 5) is 39.6. The lowest BCUT2D eigenvalue weighted by atomic mass is 10.1. The number of nitriles is 1. The van der Waals surface area contributed by atoms with Crippen LogP contribution in [0.4, 0.5) is 5.69 Å². The van der Waals surface area contributed by atoms with Crippen molar-refractivity contribution < 1.29 is 4.79 Å². The van der Waals surface area contributed by atoms with Crippen LogP contribution in [0.25, 0.3) is 0 Å². The van der Waals surface area contributed by atoms with Crippen molar-refractivity contribution in [3.63, 3.8) is 0 Å². The second-order valence-electron chi connectivity index (χ2n) is 6.29. The zero-order valence-corrected chi connectivity index (χ0v) is 14.9. The van der Waals surface area contributed by atoms with Crippen LogP contribution in [0, 0.1) is 18.3 Å². The molecule has 0 atom stereocenters. The van der Waals surface area contributed by atoms with E-state index in [9.17, 15) is 19.6 Å². The van der Waals surface area contributed by atoms with E-state index in [2.05, 4.69) is 0 Å². The first-order valence-electron chi connectivity index (χ1n) is 8.62. The van der Waals surface area contributed by atoms with Gasteiger partial charge in [0.2, 0.25) is 5.91 Å².